The number of aliphatic carboxylic acids is 1. The second kappa shape index (κ2) is 9.80. The van der Waals surface area contributed by atoms with Crippen LogP contribution in [0.2, 0.25) is 0 Å². The molecular weight excluding hydrogens is 460 g/mol. The van der Waals surface area contributed by atoms with E-state index in [0.29, 0.717) is 18.5 Å². The number of anilines is 1. The standard InChI is InChI=1S/C28H24N2O4S/c31-26(30-24-14-5-3-10-20(24)21-11-4-6-15-25(21)30)17-35-19-9-7-8-18(16-19)29-27(32)22-12-1-2-13-23(22)28(33)34/h1-11,14-16,22-23H,12-13,17H2,(H,29,32)(H,33,34). The molecule has 0 radical (unpaired) electrons. The van der Waals surface area contributed by atoms with Crippen LogP contribution in [0.3, 0.4) is 0 Å². The third-order valence-corrected chi connectivity index (χ3v) is 7.36. The predicted molar refractivity (Wildman–Crippen MR) is 139 cm³/mol. The quantitative estimate of drug-likeness (QED) is 0.265. The number of carbonyl (C=O) groups excluding carboxylic acids is 2. The van der Waals surface area contributed by atoms with Crippen LogP contribution >= 0.6 is 11.8 Å². The van der Waals surface area contributed by atoms with Crippen molar-refractivity contribution in [2.75, 3.05) is 11.1 Å². The molecule has 4 aromatic rings. The van der Waals surface area contributed by atoms with E-state index in [1.54, 1.807) is 10.6 Å². The summed E-state index contributed by atoms with van der Waals surface area (Å²) in [5.41, 5.74) is 2.35. The number of benzene rings is 3. The Morgan fingerprint density at radius 1 is 0.857 bits per heavy atom. The summed E-state index contributed by atoms with van der Waals surface area (Å²) in [5.74, 6) is -2.38. The van der Waals surface area contributed by atoms with E-state index in [4.69, 9.17) is 0 Å². The Balaban J connectivity index is 1.31. The summed E-state index contributed by atoms with van der Waals surface area (Å²) in [7, 11) is 0. The molecule has 0 bridgehead atoms. The van der Waals surface area contributed by atoms with Crippen molar-refractivity contribution in [1.29, 1.82) is 0 Å². The van der Waals surface area contributed by atoms with Crippen molar-refractivity contribution in [2.24, 2.45) is 11.8 Å². The molecule has 1 aliphatic rings. The van der Waals surface area contributed by atoms with E-state index in [1.807, 2.05) is 78.9 Å². The minimum atomic E-state index is -0.956. The van der Waals surface area contributed by atoms with Crippen molar-refractivity contribution >= 4 is 57.0 Å². The Morgan fingerprint density at radius 3 is 2.14 bits per heavy atom. The van der Waals surface area contributed by atoms with Gasteiger partial charge in [-0.2, -0.15) is 0 Å². The van der Waals surface area contributed by atoms with Gasteiger partial charge < -0.3 is 10.4 Å². The highest BCUT2D eigenvalue weighted by molar-refractivity contribution is 8.00. The Kier molecular flexibility index (Phi) is 6.42. The number of nitrogens with zero attached hydrogens (tertiary/aromatic N) is 1. The number of allylic oxidation sites excluding steroid dienone is 2. The first-order chi connectivity index (χ1) is 17.0. The van der Waals surface area contributed by atoms with Gasteiger partial charge in [0.15, 0.2) is 0 Å². The third kappa shape index (κ3) is 4.59. The topological polar surface area (TPSA) is 88.4 Å². The van der Waals surface area contributed by atoms with Crippen molar-refractivity contribution in [3.63, 3.8) is 0 Å². The lowest BCUT2D eigenvalue weighted by atomic mass is 9.82. The molecule has 2 unspecified atom stereocenters. The summed E-state index contributed by atoms with van der Waals surface area (Å²) < 4.78 is 1.77. The molecule has 2 N–H and O–H groups in total. The van der Waals surface area contributed by atoms with Gasteiger partial charge in [-0.05, 0) is 43.2 Å². The number of carbonyl (C=O) groups is 3. The highest BCUT2D eigenvalue weighted by Gasteiger charge is 2.34. The molecular formula is C28H24N2O4S. The maximum absolute atomic E-state index is 13.3. The molecule has 0 aliphatic heterocycles. The molecule has 1 aromatic heterocycles. The number of hydrogen-bond donors (Lipinski definition) is 2. The van der Waals surface area contributed by atoms with E-state index in [9.17, 15) is 19.5 Å². The summed E-state index contributed by atoms with van der Waals surface area (Å²) in [6.07, 6.45) is 4.43. The van der Waals surface area contributed by atoms with Crippen LogP contribution in [-0.4, -0.2) is 33.2 Å². The molecule has 2 atom stereocenters. The molecule has 0 spiro atoms. The zero-order chi connectivity index (χ0) is 24.4. The first kappa shape index (κ1) is 22.9. The maximum atomic E-state index is 13.3. The van der Waals surface area contributed by atoms with Gasteiger partial charge >= 0.3 is 5.97 Å². The number of para-hydroxylation sites is 2. The van der Waals surface area contributed by atoms with Gasteiger partial charge in [-0.3, -0.25) is 19.0 Å². The number of nitrogens with one attached hydrogen (secondary N) is 1. The number of aromatic nitrogens is 1. The van der Waals surface area contributed by atoms with Crippen LogP contribution in [0.5, 0.6) is 0 Å². The van der Waals surface area contributed by atoms with Gasteiger partial charge in [0.25, 0.3) is 0 Å². The predicted octanol–water partition coefficient (Wildman–Crippen LogP) is 5.83. The highest BCUT2D eigenvalue weighted by Crippen LogP contribution is 2.31. The number of carboxylic acids is 1. The first-order valence-corrected chi connectivity index (χ1v) is 12.4. The fourth-order valence-corrected chi connectivity index (χ4v) is 5.48. The Bertz CT molecular complexity index is 1420. The van der Waals surface area contributed by atoms with Crippen LogP contribution in [0.4, 0.5) is 5.69 Å². The Hall–Kier alpha value is -3.84. The van der Waals surface area contributed by atoms with E-state index in [-0.39, 0.29) is 17.6 Å². The Labute approximate surface area is 206 Å². The van der Waals surface area contributed by atoms with Crippen molar-refractivity contribution in [3.05, 3.63) is 84.9 Å². The smallest absolute Gasteiger partial charge is 0.307 e. The van der Waals surface area contributed by atoms with Gasteiger partial charge in [0, 0.05) is 21.4 Å². The summed E-state index contributed by atoms with van der Waals surface area (Å²) in [6, 6.07) is 23.1. The third-order valence-electron chi connectivity index (χ3n) is 6.38. The first-order valence-electron chi connectivity index (χ1n) is 11.5. The molecule has 0 fully saturated rings. The average molecular weight is 485 g/mol. The van der Waals surface area contributed by atoms with E-state index >= 15 is 0 Å². The van der Waals surface area contributed by atoms with E-state index < -0.39 is 17.8 Å². The van der Waals surface area contributed by atoms with E-state index in [0.717, 1.165) is 26.7 Å². The molecule has 1 amide bonds. The van der Waals surface area contributed by atoms with Gasteiger partial charge in [0.1, 0.15) is 0 Å². The zero-order valence-electron chi connectivity index (χ0n) is 18.9. The molecule has 3 aromatic carbocycles. The van der Waals surface area contributed by atoms with Crippen molar-refractivity contribution in [2.45, 2.75) is 17.7 Å². The molecule has 1 aliphatic carbocycles. The van der Waals surface area contributed by atoms with Crippen LogP contribution in [0.1, 0.15) is 17.6 Å². The van der Waals surface area contributed by atoms with Gasteiger partial charge in [0.05, 0.1) is 28.6 Å². The molecule has 1 heterocycles. The molecule has 0 saturated carbocycles. The number of fused-ring (bicyclic) bond motifs is 3. The fraction of sp³-hybridized carbons (Fsp3) is 0.179. The largest absolute Gasteiger partial charge is 0.481 e. The number of hydrogen-bond acceptors (Lipinski definition) is 4. The number of amides is 1. The lowest BCUT2D eigenvalue weighted by Gasteiger charge is -2.24. The van der Waals surface area contributed by atoms with Gasteiger partial charge in [-0.25, -0.2) is 0 Å². The van der Waals surface area contributed by atoms with Gasteiger partial charge in [-0.1, -0.05) is 54.6 Å². The number of rotatable bonds is 6. The van der Waals surface area contributed by atoms with Crippen LogP contribution < -0.4 is 5.32 Å². The van der Waals surface area contributed by atoms with Crippen molar-refractivity contribution in [3.8, 4) is 0 Å². The van der Waals surface area contributed by atoms with Crippen LogP contribution in [-0.2, 0) is 9.59 Å². The van der Waals surface area contributed by atoms with Crippen LogP contribution in [0.15, 0.2) is 89.8 Å². The van der Waals surface area contributed by atoms with Crippen molar-refractivity contribution in [1.82, 2.24) is 4.57 Å². The average Bonchev–Trinajstić information content (AvgIpc) is 3.22. The summed E-state index contributed by atoms with van der Waals surface area (Å²) in [5, 5.41) is 14.4. The zero-order valence-corrected chi connectivity index (χ0v) is 19.7. The summed E-state index contributed by atoms with van der Waals surface area (Å²) in [6.45, 7) is 0. The van der Waals surface area contributed by atoms with Crippen LogP contribution in [0, 0.1) is 11.8 Å². The molecule has 5 rings (SSSR count). The lowest BCUT2D eigenvalue weighted by molar-refractivity contribution is -0.146. The van der Waals surface area contributed by atoms with E-state index in [1.165, 1.54) is 11.8 Å². The molecule has 6 nitrogen and oxygen atoms in total. The summed E-state index contributed by atoms with van der Waals surface area (Å²) >= 11 is 1.40. The van der Waals surface area contributed by atoms with Gasteiger partial charge in [-0.15, -0.1) is 11.8 Å². The SMILES string of the molecule is O=C(O)C1CC=CCC1C(=O)Nc1cccc(SCC(=O)n2c3ccccc3c3ccccc32)c1. The highest BCUT2D eigenvalue weighted by atomic mass is 32.2. The molecule has 35 heavy (non-hydrogen) atoms. The van der Waals surface area contributed by atoms with E-state index in [2.05, 4.69) is 5.32 Å². The number of carboxylic acid groups (broad SMARTS) is 1. The van der Waals surface area contributed by atoms with Crippen molar-refractivity contribution < 1.29 is 19.5 Å². The minimum Gasteiger partial charge on any atom is -0.481 e. The number of thioether (sulfide) groups is 1. The minimum absolute atomic E-state index is 0.0277. The monoisotopic (exact) mass is 484 g/mol. The normalized spacial score (nSPS) is 17.5. The summed E-state index contributed by atoms with van der Waals surface area (Å²) in [4.78, 5) is 38.5. The molecule has 176 valence electrons. The maximum Gasteiger partial charge on any atom is 0.307 e. The van der Waals surface area contributed by atoms with Crippen LogP contribution in [0.25, 0.3) is 21.8 Å². The Morgan fingerprint density at radius 2 is 1.49 bits per heavy atom. The lowest BCUT2D eigenvalue weighted by Crippen LogP contribution is -2.34. The second-order valence-electron chi connectivity index (χ2n) is 8.56. The molecule has 7 heteroatoms. The van der Waals surface area contributed by atoms with Gasteiger partial charge in [0.2, 0.25) is 11.8 Å². The fourth-order valence-electron chi connectivity index (χ4n) is 4.68. The second-order valence-corrected chi connectivity index (χ2v) is 9.61. The molecule has 0 saturated heterocycles.